The van der Waals surface area contributed by atoms with E-state index in [0.29, 0.717) is 50.4 Å². The van der Waals surface area contributed by atoms with Gasteiger partial charge in [-0.3, -0.25) is 58.1 Å². The molecule has 6 atom stereocenters. The fourth-order valence-corrected chi connectivity index (χ4v) is 13.5. The Labute approximate surface area is 583 Å². The van der Waals surface area contributed by atoms with Crippen molar-refractivity contribution in [2.24, 2.45) is 38.8 Å². The van der Waals surface area contributed by atoms with Gasteiger partial charge in [-0.1, -0.05) is 46.4 Å². The van der Waals surface area contributed by atoms with E-state index in [9.17, 15) is 63.0 Å². The number of H-pyrrole nitrogens is 2. The van der Waals surface area contributed by atoms with Gasteiger partial charge >= 0.3 is 35.8 Å². The number of carbonyl (C=O) groups is 11. The number of carboxylic acids is 2. The van der Waals surface area contributed by atoms with E-state index in [1.165, 1.54) is 39.0 Å². The SMILES string of the molecule is C=CC1=C(C)c2cc3nc(cc4[nH]c(cc5[nH]c(cc1n2)c(C)c5CCC(=O)OCCSSCC(NC(C)=O)C(=O)N[C@@H](CCCN=C(N)N)C(=O)NCC(=O)N[C@@H](CC(=O)O)C(=O)N[C@@H](CCCN=C(N)N)C(=O)O)c(CCC(=O)OC)c4C)[C@@]1(C)C3=CC=C(C(=O)OC)[C@H]1C(=O)OC. The van der Waals surface area contributed by atoms with Crippen LogP contribution in [0, 0.1) is 19.8 Å². The molecule has 3 aromatic heterocycles. The van der Waals surface area contributed by atoms with Crippen molar-refractivity contribution in [2.45, 2.75) is 122 Å². The lowest BCUT2D eigenvalue weighted by Crippen LogP contribution is -2.56. The molecule has 0 spiro atoms. The molecule has 0 saturated heterocycles. The van der Waals surface area contributed by atoms with Crippen LogP contribution in [0.4, 0.5) is 0 Å². The lowest BCUT2D eigenvalue weighted by molar-refractivity contribution is -0.149. The van der Waals surface area contributed by atoms with Gasteiger partial charge < -0.3 is 88.6 Å². The summed E-state index contributed by atoms with van der Waals surface area (Å²) in [5, 5.41) is 31.0. The number of allylic oxidation sites excluding steroid dienone is 6. The Morgan fingerprint density at radius 3 is 1.86 bits per heavy atom. The summed E-state index contributed by atoms with van der Waals surface area (Å²) in [5.74, 6) is -11.3. The molecule has 0 aromatic carbocycles. The number of aliphatic imine (C=N–C) groups is 2. The third kappa shape index (κ3) is 20.5. The number of nitrogens with zero attached hydrogens (tertiary/aromatic N) is 4. The number of hydrogen-bond donors (Lipinski definition) is 13. The van der Waals surface area contributed by atoms with Crippen molar-refractivity contribution in [3.8, 4) is 0 Å². The first-order valence-corrected chi connectivity index (χ1v) is 34.1. The van der Waals surface area contributed by atoms with Crippen LogP contribution in [0.15, 0.2) is 64.6 Å². The van der Waals surface area contributed by atoms with Crippen LogP contribution < -0.4 is 49.5 Å². The molecule has 0 radical (unpaired) electrons. The normalized spacial score (nSPS) is 15.7. The number of aromatic amines is 2. The zero-order valence-corrected chi connectivity index (χ0v) is 58.3. The summed E-state index contributed by atoms with van der Waals surface area (Å²) in [4.78, 5) is 168. The number of aryl methyl sites for hydroxylation is 4. The van der Waals surface area contributed by atoms with Crippen LogP contribution in [0.3, 0.4) is 0 Å². The van der Waals surface area contributed by atoms with E-state index in [1.807, 2.05) is 52.0 Å². The summed E-state index contributed by atoms with van der Waals surface area (Å²) in [5.41, 5.74) is 30.2. The molecular weight excluding hydrogens is 1340 g/mol. The molecule has 0 saturated carbocycles. The highest BCUT2D eigenvalue weighted by atomic mass is 33.1. The Morgan fingerprint density at radius 2 is 1.29 bits per heavy atom. The second-order valence-corrected chi connectivity index (χ2v) is 26.1. The number of nitrogens with one attached hydrogen (secondary N) is 7. The van der Waals surface area contributed by atoms with Crippen molar-refractivity contribution in [2.75, 3.05) is 59.1 Å². The Hall–Kier alpha value is -10.5. The molecule has 0 fully saturated rings. The number of carboxylic acid groups (broad SMARTS) is 2. The number of fused-ring (bicyclic) bond motifs is 11. The molecule has 3 aromatic rings. The molecule has 1 unspecified atom stereocenters. The number of esters is 4. The average molecular weight is 1420 g/mol. The molecule has 5 amide bonds. The molecule has 3 aliphatic rings. The minimum atomic E-state index is -1.78. The lowest BCUT2D eigenvalue weighted by Gasteiger charge is -2.36. The Kier molecular flexibility index (Phi) is 28.5. The van der Waals surface area contributed by atoms with Crippen LogP contribution in [0.5, 0.6) is 0 Å². The smallest absolute Gasteiger partial charge is 0.334 e. The summed E-state index contributed by atoms with van der Waals surface area (Å²) in [6.45, 7) is 12.0. The van der Waals surface area contributed by atoms with E-state index < -0.39 is 114 Å². The first-order chi connectivity index (χ1) is 47.4. The number of nitrogens with two attached hydrogens (primary N) is 4. The van der Waals surface area contributed by atoms with Crippen LogP contribution in [0.25, 0.3) is 38.8 Å². The Morgan fingerprint density at radius 1 is 0.690 bits per heavy atom. The second kappa shape index (κ2) is 36.4. The van der Waals surface area contributed by atoms with Gasteiger partial charge in [-0.25, -0.2) is 14.6 Å². The van der Waals surface area contributed by atoms with E-state index in [0.717, 1.165) is 44.2 Å². The number of aromatic nitrogens is 4. The second-order valence-electron chi connectivity index (χ2n) is 23.5. The number of guanidine groups is 2. The maximum absolute atomic E-state index is 14.0. The third-order valence-corrected chi connectivity index (χ3v) is 19.1. The molecule has 5 heterocycles. The summed E-state index contributed by atoms with van der Waals surface area (Å²) in [7, 11) is 6.18. The fourth-order valence-electron chi connectivity index (χ4n) is 11.5. The molecule has 8 bridgehead atoms. The van der Waals surface area contributed by atoms with Crippen LogP contribution >= 0.6 is 21.6 Å². The number of hydrogen-bond acceptors (Lipinski definition) is 21. The summed E-state index contributed by atoms with van der Waals surface area (Å²) >= 11 is 0. The summed E-state index contributed by atoms with van der Waals surface area (Å²) in [6.07, 6.45) is 4.49. The number of rotatable bonds is 35. The number of aliphatic carboxylic acids is 2. The van der Waals surface area contributed by atoms with Crippen molar-refractivity contribution in [1.82, 2.24) is 46.5 Å². The molecule has 34 heteroatoms. The minimum Gasteiger partial charge on any atom is -0.481 e. The van der Waals surface area contributed by atoms with Gasteiger partial charge in [0.15, 0.2) is 11.9 Å². The zero-order chi connectivity index (χ0) is 73.7. The van der Waals surface area contributed by atoms with Gasteiger partial charge in [0.25, 0.3) is 0 Å². The molecule has 6 rings (SSSR count). The van der Waals surface area contributed by atoms with Crippen molar-refractivity contribution in [3.05, 3.63) is 99.7 Å². The van der Waals surface area contributed by atoms with Crippen molar-refractivity contribution in [3.63, 3.8) is 0 Å². The predicted octanol–water partition coefficient (Wildman–Crippen LogP) is 2.00. The van der Waals surface area contributed by atoms with Gasteiger partial charge in [0.2, 0.25) is 29.5 Å². The van der Waals surface area contributed by atoms with Gasteiger partial charge in [-0.2, -0.15) is 0 Å². The third-order valence-electron chi connectivity index (χ3n) is 16.7. The minimum absolute atomic E-state index is 0.0274. The largest absolute Gasteiger partial charge is 0.481 e. The monoisotopic (exact) mass is 1420 g/mol. The van der Waals surface area contributed by atoms with Crippen LogP contribution in [-0.4, -0.2) is 191 Å². The van der Waals surface area contributed by atoms with Gasteiger partial charge in [0.05, 0.1) is 68.1 Å². The molecule has 32 nitrogen and oxygen atoms in total. The molecule has 1 aliphatic carbocycles. The Bertz CT molecular complexity index is 4040. The van der Waals surface area contributed by atoms with Gasteiger partial charge in [-0.05, 0) is 124 Å². The van der Waals surface area contributed by atoms with Crippen LogP contribution in [0.1, 0.15) is 111 Å². The van der Waals surface area contributed by atoms with E-state index in [-0.39, 0.29) is 100 Å². The lowest BCUT2D eigenvalue weighted by atomic mass is 9.64. The highest BCUT2D eigenvalue weighted by Crippen LogP contribution is 2.52. The first-order valence-electron chi connectivity index (χ1n) is 31.6. The molecular formula is C66H85N15O17S2. The number of carbonyl (C=O) groups excluding carboxylic acids is 9. The molecule has 17 N–H and O–H groups in total. The first kappa shape index (κ1) is 78.5. The van der Waals surface area contributed by atoms with Crippen molar-refractivity contribution in [1.29, 1.82) is 0 Å². The molecule has 2 aliphatic heterocycles. The van der Waals surface area contributed by atoms with E-state index in [2.05, 4.69) is 53.1 Å². The highest BCUT2D eigenvalue weighted by molar-refractivity contribution is 8.76. The van der Waals surface area contributed by atoms with E-state index in [4.69, 9.17) is 51.9 Å². The van der Waals surface area contributed by atoms with Crippen LogP contribution in [-0.2, 0) is 89.9 Å². The standard InChI is InChI=1S/C66H85N15O17S2/c1-10-36-32(2)44-26-49-40-18-15-39(62(93)96-8)57(63(94)97-9)66(40,6)52(78-49)28-45-34(4)37(16-19-55(86)95-7)48(77-45)27-47-38(33(3)43(76-47)25-46(36)75-44)17-20-56(87)98-23-24-99-100-31-51(74-35(5)82)60(90)80-41(13-11-21-71-64(67)68)58(88)73-30-53(83)79-50(29-54(84)85)59(89)81-42(61(91)92)14-12-22-72-65(69)70/h10,15,18,25-28,41-42,50-51,57,76-77H,1,11-14,16-17,19-24,29-31H2,2-9H3,(H,73,88)(H,74,82)(H,79,83)(H,80,90)(H,81,89)(H,84,85)(H,91,92)(H4,67,68,71)(H4,69,70,72)/t41-,42-,50-,51?,57-,66+/m0/s1. The number of methoxy groups -OCH3 is 3. The quantitative estimate of drug-likeness (QED) is 0.01000. The van der Waals surface area contributed by atoms with Gasteiger partial charge in [0, 0.05) is 72.0 Å². The van der Waals surface area contributed by atoms with Gasteiger partial charge in [0.1, 0.15) is 36.7 Å². The molecule has 100 heavy (non-hydrogen) atoms. The summed E-state index contributed by atoms with van der Waals surface area (Å²) in [6, 6.07) is 1.59. The van der Waals surface area contributed by atoms with Crippen LogP contribution in [0.2, 0.25) is 0 Å². The zero-order valence-electron chi connectivity index (χ0n) is 56.7. The number of amides is 5. The highest BCUT2D eigenvalue weighted by Gasteiger charge is 2.54. The maximum Gasteiger partial charge on any atom is 0.334 e. The topological polar surface area (TPSA) is 511 Å². The Balaban J connectivity index is 1.18. The van der Waals surface area contributed by atoms with Crippen molar-refractivity contribution >= 4 is 138 Å². The van der Waals surface area contributed by atoms with E-state index >= 15 is 0 Å². The number of ether oxygens (including phenoxy) is 4. The molecule has 538 valence electrons. The van der Waals surface area contributed by atoms with E-state index in [1.54, 1.807) is 18.2 Å². The fraction of sp³-hybridized carbons (Fsp3) is 0.439. The maximum atomic E-state index is 14.0. The summed E-state index contributed by atoms with van der Waals surface area (Å²) < 4.78 is 21.3. The van der Waals surface area contributed by atoms with Gasteiger partial charge in [-0.15, -0.1) is 0 Å². The predicted molar refractivity (Wildman–Crippen MR) is 375 cm³/mol. The average Bonchev–Trinajstić information content (AvgIpc) is 1.52. The van der Waals surface area contributed by atoms with Crippen molar-refractivity contribution < 1.29 is 81.9 Å².